The number of ether oxygens (including phenoxy) is 7. The van der Waals surface area contributed by atoms with Crippen molar-refractivity contribution in [2.45, 2.75) is 64.3 Å². The smallest absolute Gasteiger partial charge is 0.344 e. The molecule has 2 fully saturated rings. The van der Waals surface area contributed by atoms with E-state index in [0.29, 0.717) is 67.7 Å². The van der Waals surface area contributed by atoms with Crippen LogP contribution < -0.4 is 19.2 Å². The number of amides is 2. The molecule has 22 nitrogen and oxygen atoms in total. The van der Waals surface area contributed by atoms with E-state index in [1.54, 1.807) is 67.6 Å². The van der Waals surface area contributed by atoms with Crippen LogP contribution in [0.4, 0.5) is 20.2 Å². The van der Waals surface area contributed by atoms with Crippen LogP contribution in [-0.2, 0) is 77.8 Å². The predicted molar refractivity (Wildman–Crippen MR) is 375 cm³/mol. The lowest BCUT2D eigenvalue weighted by Crippen LogP contribution is -2.34. The van der Waals surface area contributed by atoms with Gasteiger partial charge < -0.3 is 52.6 Å². The number of sulfonamides is 2. The average Bonchev–Trinajstić information content (AvgIpc) is 1.61. The van der Waals surface area contributed by atoms with Crippen molar-refractivity contribution in [1.82, 2.24) is 10.6 Å². The van der Waals surface area contributed by atoms with Crippen LogP contribution in [-0.4, -0.2) is 139 Å². The van der Waals surface area contributed by atoms with Gasteiger partial charge in [-0.15, -0.1) is 0 Å². The maximum Gasteiger partial charge on any atom is 0.344 e. The first kappa shape index (κ1) is 73.9. The van der Waals surface area contributed by atoms with Crippen LogP contribution in [0.1, 0.15) is 114 Å². The Labute approximate surface area is 583 Å². The minimum atomic E-state index is -3.75. The Kier molecular flexibility index (Phi) is 24.9. The van der Waals surface area contributed by atoms with E-state index < -0.39 is 56.2 Å². The van der Waals surface area contributed by atoms with Crippen molar-refractivity contribution >= 4 is 83.1 Å². The SMILES string of the molecule is CCOC(=O)COC(=O)c1ccc(COCCOCCN(c2cc3oc(-c4ccc(F)cc4)c(C(=O)NC)c3cc2C2CC2)S(C)(=O)=O)cc1.CNC(=O)c1c(-c2ccc(F)cc2)oc2cc(N(CCOCCOCc3ccc(C(=O)OCc4ccccc4)cc3)S(C)(=O)=O)c(C3CC3)cc12. The van der Waals surface area contributed by atoms with E-state index in [-0.39, 0.29) is 113 Å². The van der Waals surface area contributed by atoms with Crippen LogP contribution in [0, 0.1) is 11.6 Å². The Balaban J connectivity index is 0.000000218. The first-order valence-electron chi connectivity index (χ1n) is 32.8. The number of esters is 3. The van der Waals surface area contributed by atoms with Gasteiger partial charge in [0.05, 0.1) is 119 Å². The molecule has 0 radical (unpaired) electrons. The van der Waals surface area contributed by atoms with E-state index in [0.717, 1.165) is 66.0 Å². The molecule has 9 aromatic rings. The third kappa shape index (κ3) is 19.6. The number of hydrogen-bond acceptors (Lipinski definition) is 18. The van der Waals surface area contributed by atoms with Crippen molar-refractivity contribution < 1.29 is 91.6 Å². The molecule has 7 aromatic carbocycles. The number of nitrogens with zero attached hydrogens (tertiary/aromatic N) is 2. The fraction of sp³-hybridized carbons (Fsp3) is 0.320. The molecular formula is C75H78F2N4O18S2. The molecule has 2 N–H and O–H groups in total. The average molecular weight is 1430 g/mol. The molecule has 532 valence electrons. The summed E-state index contributed by atoms with van der Waals surface area (Å²) < 4.78 is 133. The molecule has 2 aliphatic carbocycles. The van der Waals surface area contributed by atoms with Gasteiger partial charge in [0, 0.05) is 48.1 Å². The fourth-order valence-electron chi connectivity index (χ4n) is 11.2. The summed E-state index contributed by atoms with van der Waals surface area (Å²) >= 11 is 0. The molecule has 2 amide bonds. The van der Waals surface area contributed by atoms with Gasteiger partial charge in [0.2, 0.25) is 20.0 Å². The monoisotopic (exact) mass is 1420 g/mol. The van der Waals surface area contributed by atoms with Gasteiger partial charge in [-0.25, -0.2) is 40.0 Å². The number of fused-ring (bicyclic) bond motifs is 2. The number of furan rings is 2. The number of halogens is 2. The zero-order valence-corrected chi connectivity index (χ0v) is 58.1. The number of anilines is 2. The molecule has 11 rings (SSSR count). The largest absolute Gasteiger partial charge is 0.463 e. The summed E-state index contributed by atoms with van der Waals surface area (Å²) in [6.45, 7) is 3.42. The first-order valence-corrected chi connectivity index (χ1v) is 36.5. The Morgan fingerprint density at radius 3 is 1.27 bits per heavy atom. The summed E-state index contributed by atoms with van der Waals surface area (Å²) in [4.78, 5) is 62.0. The molecule has 26 heteroatoms. The first-order chi connectivity index (χ1) is 48.6. The van der Waals surface area contributed by atoms with Crippen molar-refractivity contribution in [2.75, 3.05) is 101 Å². The van der Waals surface area contributed by atoms with E-state index in [1.165, 1.54) is 71.2 Å². The van der Waals surface area contributed by atoms with Gasteiger partial charge >= 0.3 is 17.9 Å². The van der Waals surface area contributed by atoms with Gasteiger partial charge in [-0.3, -0.25) is 18.2 Å². The van der Waals surface area contributed by atoms with Crippen LogP contribution in [0.3, 0.4) is 0 Å². The lowest BCUT2D eigenvalue weighted by Gasteiger charge is -2.25. The number of hydrogen-bond donors (Lipinski definition) is 2. The fourth-order valence-corrected chi connectivity index (χ4v) is 13.1. The van der Waals surface area contributed by atoms with Gasteiger partial charge in [0.25, 0.3) is 11.8 Å². The topological polar surface area (TPSA) is 275 Å². The summed E-state index contributed by atoms with van der Waals surface area (Å²) in [5, 5.41) is 6.40. The quantitative estimate of drug-likeness (QED) is 0.0220. The van der Waals surface area contributed by atoms with E-state index in [4.69, 9.17) is 42.0 Å². The number of carbonyl (C=O) groups is 5. The number of benzene rings is 7. The van der Waals surface area contributed by atoms with Crippen LogP contribution in [0.25, 0.3) is 44.6 Å². The van der Waals surface area contributed by atoms with Gasteiger partial charge in [-0.2, -0.15) is 0 Å². The zero-order valence-electron chi connectivity index (χ0n) is 56.4. The molecule has 2 saturated carbocycles. The van der Waals surface area contributed by atoms with Gasteiger partial charge in [-0.05, 0) is 157 Å². The van der Waals surface area contributed by atoms with E-state index in [2.05, 4.69) is 10.6 Å². The normalized spacial score (nSPS) is 12.9. The van der Waals surface area contributed by atoms with Gasteiger partial charge in [0.15, 0.2) is 6.61 Å². The maximum atomic E-state index is 13.7. The van der Waals surface area contributed by atoms with Gasteiger partial charge in [-0.1, -0.05) is 54.6 Å². The molecule has 101 heavy (non-hydrogen) atoms. The van der Waals surface area contributed by atoms with Gasteiger partial charge in [0.1, 0.15) is 40.9 Å². The second-order valence-electron chi connectivity index (χ2n) is 24.0. The van der Waals surface area contributed by atoms with Crippen molar-refractivity contribution in [1.29, 1.82) is 0 Å². The molecule has 0 spiro atoms. The minimum Gasteiger partial charge on any atom is -0.463 e. The molecular weight excluding hydrogens is 1350 g/mol. The van der Waals surface area contributed by atoms with Crippen LogP contribution in [0.2, 0.25) is 0 Å². The summed E-state index contributed by atoms with van der Waals surface area (Å²) in [6, 6.07) is 41.3. The van der Waals surface area contributed by atoms with Crippen molar-refractivity contribution in [3.8, 4) is 22.6 Å². The highest BCUT2D eigenvalue weighted by molar-refractivity contribution is 7.92. The van der Waals surface area contributed by atoms with Crippen LogP contribution in [0.5, 0.6) is 0 Å². The van der Waals surface area contributed by atoms with Crippen molar-refractivity contribution in [3.63, 3.8) is 0 Å². The lowest BCUT2D eigenvalue weighted by molar-refractivity contribution is -0.146. The Bertz CT molecular complexity index is 4620. The summed E-state index contributed by atoms with van der Waals surface area (Å²) in [7, 11) is -4.44. The summed E-state index contributed by atoms with van der Waals surface area (Å²) in [5.74, 6) is -2.46. The molecule has 2 aromatic heterocycles. The molecule has 0 aliphatic heterocycles. The second kappa shape index (κ2) is 34.0. The third-order valence-electron chi connectivity index (χ3n) is 16.5. The van der Waals surface area contributed by atoms with Crippen molar-refractivity contribution in [2.24, 2.45) is 0 Å². The number of rotatable bonds is 33. The Hall–Kier alpha value is -9.83. The Morgan fingerprint density at radius 1 is 0.485 bits per heavy atom. The molecule has 0 bridgehead atoms. The van der Waals surface area contributed by atoms with E-state index in [1.807, 2.05) is 42.5 Å². The zero-order chi connectivity index (χ0) is 71.8. The highest BCUT2D eigenvalue weighted by Gasteiger charge is 2.35. The third-order valence-corrected chi connectivity index (χ3v) is 18.9. The van der Waals surface area contributed by atoms with E-state index in [9.17, 15) is 49.6 Å². The molecule has 2 aliphatic rings. The summed E-state index contributed by atoms with van der Waals surface area (Å²) in [5.41, 5.74) is 8.15. The highest BCUT2D eigenvalue weighted by Crippen LogP contribution is 2.50. The lowest BCUT2D eigenvalue weighted by atomic mass is 10.0. The molecule has 0 saturated heterocycles. The Morgan fingerprint density at radius 2 is 0.881 bits per heavy atom. The highest BCUT2D eigenvalue weighted by atomic mass is 32.2. The molecule has 2 heterocycles. The standard InChI is InChI=1S/C39H39FN2O8S.C36H39FN2O10S/c1-41-38(43)36-33-22-32(28-12-13-28)34(23-35(33)50-37(36)29-14-16-31(40)17-15-29)42(51(2,45)46)18-19-47-20-21-48-24-27-8-10-30(11-9-27)39(44)49-25-26-6-4-3-5-7-26;1-4-47-32(40)22-48-36(42)26-7-5-23(6-8-26)21-46-18-17-45-16-15-39(50(3,43)44)30-20-31-29(19-28(30)24-9-10-24)33(35(41)38-2)34(49-31)25-11-13-27(37)14-12-25/h3-11,14-17,22-23,28H,12-13,18-21,24-25H2,1-2H3,(H,41,43);5-8,11-14,19-20,24H,4,9-10,15-18,21-22H2,1-3H3,(H,38,41). The molecule has 0 unspecified atom stereocenters. The molecule has 0 atom stereocenters. The number of carbonyl (C=O) groups excluding carboxylic acids is 5. The maximum absolute atomic E-state index is 13.7. The van der Waals surface area contributed by atoms with Crippen LogP contribution in [0.15, 0.2) is 160 Å². The minimum absolute atomic E-state index is 0.0334. The van der Waals surface area contributed by atoms with Crippen molar-refractivity contribution in [3.05, 3.63) is 213 Å². The number of nitrogens with one attached hydrogen (secondary N) is 2. The van der Waals surface area contributed by atoms with E-state index >= 15 is 0 Å². The second-order valence-corrected chi connectivity index (χ2v) is 27.8. The predicted octanol–water partition coefficient (Wildman–Crippen LogP) is 12.0. The summed E-state index contributed by atoms with van der Waals surface area (Å²) in [6.07, 6.45) is 5.82. The van der Waals surface area contributed by atoms with Crippen LogP contribution >= 0.6 is 0 Å².